The molecule has 0 atom stereocenters. The second-order valence-corrected chi connectivity index (χ2v) is 7.40. The molecule has 23 heavy (non-hydrogen) atoms. The van der Waals surface area contributed by atoms with Crippen LogP contribution in [0.1, 0.15) is 18.3 Å². The van der Waals surface area contributed by atoms with Crippen LogP contribution in [-0.2, 0) is 21.2 Å². The molecule has 2 rings (SSSR count). The summed E-state index contributed by atoms with van der Waals surface area (Å²) in [7, 11) is -3.65. The molecule has 0 aliphatic carbocycles. The van der Waals surface area contributed by atoms with Crippen molar-refractivity contribution >= 4 is 21.4 Å². The third-order valence-corrected chi connectivity index (χ3v) is 5.12. The van der Waals surface area contributed by atoms with E-state index in [1.54, 1.807) is 13.8 Å². The number of halogens is 1. The van der Waals surface area contributed by atoms with Crippen molar-refractivity contribution in [1.29, 1.82) is 0 Å². The fourth-order valence-electron chi connectivity index (χ4n) is 2.19. The van der Waals surface area contributed by atoms with Gasteiger partial charge in [-0.3, -0.25) is 9.48 Å². The largest absolute Gasteiger partial charge is 0.321 e. The first kappa shape index (κ1) is 17.1. The van der Waals surface area contributed by atoms with Crippen LogP contribution in [0.25, 0.3) is 0 Å². The number of anilines is 1. The fraction of sp³-hybridized carbons (Fsp3) is 0.333. The van der Waals surface area contributed by atoms with E-state index in [1.807, 2.05) is 6.07 Å². The highest BCUT2D eigenvalue weighted by Crippen LogP contribution is 2.25. The van der Waals surface area contributed by atoms with Gasteiger partial charge in [0.25, 0.3) is 0 Å². The van der Waals surface area contributed by atoms with E-state index in [0.29, 0.717) is 0 Å². The molecule has 0 unspecified atom stereocenters. The Morgan fingerprint density at radius 2 is 2.04 bits per heavy atom. The number of carbonyl (C=O) groups is 1. The predicted molar refractivity (Wildman–Crippen MR) is 84.5 cm³/mol. The van der Waals surface area contributed by atoms with Crippen LogP contribution in [0, 0.1) is 19.7 Å². The first-order valence-electron chi connectivity index (χ1n) is 7.06. The van der Waals surface area contributed by atoms with Crippen LogP contribution in [0.4, 0.5) is 10.1 Å². The van der Waals surface area contributed by atoms with Crippen molar-refractivity contribution in [2.45, 2.75) is 32.2 Å². The van der Waals surface area contributed by atoms with Crippen molar-refractivity contribution in [2.24, 2.45) is 0 Å². The van der Waals surface area contributed by atoms with E-state index in [0.717, 1.165) is 17.5 Å². The Hall–Kier alpha value is -2.22. The molecule has 0 fully saturated rings. The summed E-state index contributed by atoms with van der Waals surface area (Å²) in [6, 6.07) is 5.49. The molecule has 1 heterocycles. The number of aryl methyl sites for hydroxylation is 2. The molecular weight excluding hydrogens is 321 g/mol. The predicted octanol–water partition coefficient (Wildman–Crippen LogP) is 2.07. The maximum atomic E-state index is 14.0. The van der Waals surface area contributed by atoms with Gasteiger partial charge in [-0.2, -0.15) is 5.10 Å². The lowest BCUT2D eigenvalue weighted by Crippen LogP contribution is -2.22. The third kappa shape index (κ3) is 3.76. The minimum absolute atomic E-state index is 0.125. The number of hydrogen-bond donors (Lipinski definition) is 1. The molecule has 1 amide bonds. The van der Waals surface area contributed by atoms with Crippen molar-refractivity contribution in [3.63, 3.8) is 0 Å². The van der Waals surface area contributed by atoms with E-state index in [4.69, 9.17) is 0 Å². The first-order valence-corrected chi connectivity index (χ1v) is 8.72. The van der Waals surface area contributed by atoms with Crippen LogP contribution < -0.4 is 5.32 Å². The molecule has 1 aromatic carbocycles. The molecule has 124 valence electrons. The number of nitrogens with one attached hydrogen (secondary N) is 1. The van der Waals surface area contributed by atoms with Crippen LogP contribution in [0.5, 0.6) is 0 Å². The minimum Gasteiger partial charge on any atom is -0.321 e. The third-order valence-electron chi connectivity index (χ3n) is 3.35. The molecule has 2 aromatic rings. The summed E-state index contributed by atoms with van der Waals surface area (Å²) >= 11 is 0. The average Bonchev–Trinajstić information content (AvgIpc) is 2.78. The number of para-hydroxylation sites is 1. The summed E-state index contributed by atoms with van der Waals surface area (Å²) in [6.07, 6.45) is 0. The summed E-state index contributed by atoms with van der Waals surface area (Å²) in [6.45, 7) is 4.93. The van der Waals surface area contributed by atoms with Gasteiger partial charge in [-0.1, -0.05) is 13.0 Å². The van der Waals surface area contributed by atoms with Gasteiger partial charge in [0.05, 0.1) is 22.0 Å². The highest BCUT2D eigenvalue weighted by molar-refractivity contribution is 7.91. The number of aromatic nitrogens is 2. The van der Waals surface area contributed by atoms with Gasteiger partial charge in [0, 0.05) is 5.69 Å². The van der Waals surface area contributed by atoms with E-state index < -0.39 is 21.6 Å². The van der Waals surface area contributed by atoms with Gasteiger partial charge in [-0.25, -0.2) is 12.8 Å². The molecule has 1 N–H and O–H groups in total. The van der Waals surface area contributed by atoms with Crippen molar-refractivity contribution in [2.75, 3.05) is 11.1 Å². The molecule has 0 saturated carbocycles. The Morgan fingerprint density at radius 1 is 1.35 bits per heavy atom. The Kier molecular flexibility index (Phi) is 4.84. The van der Waals surface area contributed by atoms with Gasteiger partial charge in [0.2, 0.25) is 5.91 Å². The van der Waals surface area contributed by atoms with Crippen LogP contribution >= 0.6 is 0 Å². The monoisotopic (exact) mass is 339 g/mol. The SMILES string of the molecule is CCS(=O)(=O)c1cccc(F)c1NC(=O)Cn1nc(C)cc1C. The molecule has 0 aliphatic rings. The normalized spacial score (nSPS) is 11.5. The molecular formula is C15H18FN3O3S. The smallest absolute Gasteiger partial charge is 0.246 e. The van der Waals surface area contributed by atoms with E-state index in [9.17, 15) is 17.6 Å². The lowest BCUT2D eigenvalue weighted by Gasteiger charge is -2.12. The molecule has 0 bridgehead atoms. The molecule has 0 spiro atoms. The van der Waals surface area contributed by atoms with Crippen LogP contribution in [0.2, 0.25) is 0 Å². The van der Waals surface area contributed by atoms with Gasteiger partial charge in [0.15, 0.2) is 9.84 Å². The van der Waals surface area contributed by atoms with E-state index >= 15 is 0 Å². The number of sulfone groups is 1. The van der Waals surface area contributed by atoms with Crippen molar-refractivity contribution < 1.29 is 17.6 Å². The van der Waals surface area contributed by atoms with Gasteiger partial charge >= 0.3 is 0 Å². The van der Waals surface area contributed by atoms with Gasteiger partial charge in [-0.15, -0.1) is 0 Å². The number of carbonyl (C=O) groups excluding carboxylic acids is 1. The highest BCUT2D eigenvalue weighted by atomic mass is 32.2. The van der Waals surface area contributed by atoms with E-state index in [-0.39, 0.29) is 22.9 Å². The zero-order valence-electron chi connectivity index (χ0n) is 13.1. The average molecular weight is 339 g/mol. The van der Waals surface area contributed by atoms with Crippen LogP contribution in [0.3, 0.4) is 0 Å². The lowest BCUT2D eigenvalue weighted by molar-refractivity contribution is -0.117. The Labute approximate surface area is 134 Å². The van der Waals surface area contributed by atoms with Gasteiger partial charge in [0.1, 0.15) is 12.4 Å². The maximum absolute atomic E-state index is 14.0. The minimum atomic E-state index is -3.65. The van der Waals surface area contributed by atoms with E-state index in [1.165, 1.54) is 23.7 Å². The molecule has 6 nitrogen and oxygen atoms in total. The van der Waals surface area contributed by atoms with Crippen molar-refractivity contribution in [1.82, 2.24) is 9.78 Å². The quantitative estimate of drug-likeness (QED) is 0.904. The number of rotatable bonds is 5. The van der Waals surface area contributed by atoms with Crippen molar-refractivity contribution in [3.8, 4) is 0 Å². The topological polar surface area (TPSA) is 81.1 Å². The first-order chi connectivity index (χ1) is 10.7. The molecule has 0 saturated heterocycles. The molecule has 0 radical (unpaired) electrons. The highest BCUT2D eigenvalue weighted by Gasteiger charge is 2.21. The van der Waals surface area contributed by atoms with Gasteiger partial charge < -0.3 is 5.32 Å². The number of benzene rings is 1. The Balaban J connectivity index is 2.29. The fourth-order valence-corrected chi connectivity index (χ4v) is 3.25. The summed E-state index contributed by atoms with van der Waals surface area (Å²) in [5.41, 5.74) is 1.23. The molecule has 1 aromatic heterocycles. The summed E-state index contributed by atoms with van der Waals surface area (Å²) in [5.74, 6) is -1.52. The summed E-state index contributed by atoms with van der Waals surface area (Å²) < 4.78 is 39.5. The zero-order chi connectivity index (χ0) is 17.2. The number of amides is 1. The lowest BCUT2D eigenvalue weighted by atomic mass is 10.3. The van der Waals surface area contributed by atoms with Crippen molar-refractivity contribution in [3.05, 3.63) is 41.5 Å². The molecule has 0 aliphatic heterocycles. The Bertz CT molecular complexity index is 844. The van der Waals surface area contributed by atoms with Gasteiger partial charge in [-0.05, 0) is 32.0 Å². The summed E-state index contributed by atoms with van der Waals surface area (Å²) in [5, 5.41) is 6.50. The molecule has 8 heteroatoms. The maximum Gasteiger partial charge on any atom is 0.246 e. The van der Waals surface area contributed by atoms with E-state index in [2.05, 4.69) is 10.4 Å². The van der Waals surface area contributed by atoms with Crippen LogP contribution in [-0.4, -0.2) is 29.9 Å². The second kappa shape index (κ2) is 6.49. The zero-order valence-corrected chi connectivity index (χ0v) is 13.9. The summed E-state index contributed by atoms with van der Waals surface area (Å²) in [4.78, 5) is 11.9. The van der Waals surface area contributed by atoms with Crippen LogP contribution in [0.15, 0.2) is 29.2 Å². The second-order valence-electron chi connectivity index (χ2n) is 5.15. The number of nitrogens with zero attached hydrogens (tertiary/aromatic N) is 2. The Morgan fingerprint density at radius 3 is 2.61 bits per heavy atom. The number of hydrogen-bond acceptors (Lipinski definition) is 4. The standard InChI is InChI=1S/C15H18FN3O3S/c1-4-23(21,22)13-7-5-6-12(16)15(13)17-14(20)9-19-11(3)8-10(2)18-19/h5-8H,4,9H2,1-3H3,(H,17,20).